The molecule has 12 heteroatoms. The van der Waals surface area contributed by atoms with Gasteiger partial charge in [-0.05, 0) is 53.6 Å². The fourth-order valence-corrected chi connectivity index (χ4v) is 4.78. The van der Waals surface area contributed by atoms with E-state index in [-0.39, 0.29) is 12.0 Å². The van der Waals surface area contributed by atoms with E-state index in [1.54, 1.807) is 23.0 Å². The van der Waals surface area contributed by atoms with Crippen LogP contribution >= 0.6 is 11.5 Å². The van der Waals surface area contributed by atoms with Gasteiger partial charge in [-0.2, -0.15) is 5.10 Å². The van der Waals surface area contributed by atoms with Crippen LogP contribution in [0.15, 0.2) is 88.7 Å². The Morgan fingerprint density at radius 1 is 1.00 bits per heavy atom. The fourth-order valence-electron chi connectivity index (χ4n) is 4.11. The van der Waals surface area contributed by atoms with Gasteiger partial charge in [0, 0.05) is 47.5 Å². The minimum Gasteiger partial charge on any atom is -0.493 e. The van der Waals surface area contributed by atoms with E-state index in [0.717, 1.165) is 40.5 Å². The van der Waals surface area contributed by atoms with Crippen LogP contribution < -0.4 is 25.9 Å². The third kappa shape index (κ3) is 7.21. The summed E-state index contributed by atoms with van der Waals surface area (Å²) >= 11 is 0.841. The first kappa shape index (κ1) is 28.6. The molecule has 0 aliphatic heterocycles. The molecule has 0 fully saturated rings. The predicted octanol–water partition coefficient (Wildman–Crippen LogP) is 4.79. The number of pyridine rings is 1. The maximum Gasteiger partial charge on any atom is 0.338 e. The molecule has 2 aromatic carbocycles. The van der Waals surface area contributed by atoms with Gasteiger partial charge < -0.3 is 10.1 Å². The molecule has 216 valence electrons. The maximum atomic E-state index is 13.0. The summed E-state index contributed by atoms with van der Waals surface area (Å²) in [4.78, 5) is 42.2. The first-order valence-electron chi connectivity index (χ1n) is 13.3. The second-order valence-electron chi connectivity index (χ2n) is 10.7. The molecule has 0 saturated carbocycles. The summed E-state index contributed by atoms with van der Waals surface area (Å²) in [6.07, 6.45) is 4.31. The molecule has 0 saturated heterocycles. The van der Waals surface area contributed by atoms with Crippen molar-refractivity contribution in [2.24, 2.45) is 0 Å². The number of nitrogens with zero attached hydrogens (tertiary/aromatic N) is 4. The minimum atomic E-state index is -0.434. The molecular weight excluding hydrogens is 554 g/mol. The number of hydrogen-bond acceptors (Lipinski definition) is 7. The number of aromatic nitrogens is 5. The third-order valence-corrected chi connectivity index (χ3v) is 7.13. The summed E-state index contributed by atoms with van der Waals surface area (Å²) in [5.41, 5.74) is 3.40. The van der Waals surface area contributed by atoms with E-state index < -0.39 is 16.6 Å². The highest BCUT2D eigenvalue weighted by molar-refractivity contribution is 7.03. The van der Waals surface area contributed by atoms with Gasteiger partial charge in [-0.1, -0.05) is 39.0 Å². The second kappa shape index (κ2) is 12.3. The normalized spacial score (nSPS) is 11.3. The summed E-state index contributed by atoms with van der Waals surface area (Å²) < 4.78 is 8.85. The van der Waals surface area contributed by atoms with Crippen molar-refractivity contribution in [3.63, 3.8) is 0 Å². The lowest BCUT2D eigenvalue weighted by molar-refractivity contribution is 0.262. The Balaban J connectivity index is 1.25. The van der Waals surface area contributed by atoms with Gasteiger partial charge in [0.2, 0.25) is 0 Å². The number of anilines is 2. The van der Waals surface area contributed by atoms with E-state index in [2.05, 4.69) is 20.6 Å². The predicted molar refractivity (Wildman–Crippen MR) is 163 cm³/mol. The molecule has 5 rings (SSSR count). The van der Waals surface area contributed by atoms with Crippen molar-refractivity contribution in [3.05, 3.63) is 116 Å². The highest BCUT2D eigenvalue weighted by atomic mass is 32.1. The van der Waals surface area contributed by atoms with Crippen LogP contribution in [-0.2, 0) is 18.4 Å². The molecule has 3 heterocycles. The van der Waals surface area contributed by atoms with Gasteiger partial charge in [0.25, 0.3) is 0 Å². The second-order valence-corrected chi connectivity index (χ2v) is 11.6. The monoisotopic (exact) mass is 585 g/mol. The number of urea groups is 1. The molecule has 0 spiro atoms. The van der Waals surface area contributed by atoms with Crippen LogP contribution in [0.4, 0.5) is 16.3 Å². The van der Waals surface area contributed by atoms with Crippen LogP contribution in [0.1, 0.15) is 37.6 Å². The highest BCUT2D eigenvalue weighted by Crippen LogP contribution is 2.27. The Morgan fingerprint density at radius 2 is 1.76 bits per heavy atom. The number of hydrogen-bond donors (Lipinski definition) is 3. The van der Waals surface area contributed by atoms with Crippen LogP contribution in [0.2, 0.25) is 0 Å². The number of rotatable bonds is 9. The number of ether oxygens (including phenoxy) is 1. The molecular formula is C30H31N7O4S. The largest absolute Gasteiger partial charge is 0.493 e. The average molecular weight is 586 g/mol. The zero-order chi connectivity index (χ0) is 29.7. The Labute approximate surface area is 246 Å². The minimum absolute atomic E-state index is 0.252. The molecule has 0 radical (unpaired) electrons. The molecule has 3 N–H and O–H groups in total. The van der Waals surface area contributed by atoms with Crippen LogP contribution in [0, 0.1) is 0 Å². The molecule has 0 unspecified atom stereocenters. The lowest BCUT2D eigenvalue weighted by Crippen LogP contribution is -2.21. The summed E-state index contributed by atoms with van der Waals surface area (Å²) in [6.45, 7) is 6.94. The molecule has 0 aliphatic rings. The van der Waals surface area contributed by atoms with Crippen molar-refractivity contribution < 1.29 is 9.53 Å². The maximum absolute atomic E-state index is 13.0. The number of H-pyrrole nitrogens is 1. The molecule has 0 bridgehead atoms. The average Bonchev–Trinajstić information content (AvgIpc) is 3.52. The van der Waals surface area contributed by atoms with Crippen LogP contribution in [0.5, 0.6) is 5.75 Å². The number of benzene rings is 2. The first-order valence-corrected chi connectivity index (χ1v) is 14.1. The van der Waals surface area contributed by atoms with Crippen molar-refractivity contribution in [1.29, 1.82) is 0 Å². The number of nitrogens with one attached hydrogen (secondary N) is 3. The standard InChI is InChI=1S/C30H31N7O4S/c1-30(2,3)25-17-26(37(35-25)23-10-6-21(7-11-23)19-36-28(39)34-29(40)42-36)33-27(38)32-22-8-12-24(13-9-22)41-16-14-20-5-4-15-31-18-20/h4-13,15,17-18H,14,16,19H2,1-3H3,(H2,32,33,38)(H,34,39,40). The summed E-state index contributed by atoms with van der Waals surface area (Å²) in [5, 5.41) is 10.5. The Hall–Kier alpha value is -4.97. The van der Waals surface area contributed by atoms with Crippen LogP contribution in [0.3, 0.4) is 0 Å². The zero-order valence-corrected chi connectivity index (χ0v) is 24.3. The van der Waals surface area contributed by atoms with Gasteiger partial charge in [0.15, 0.2) is 0 Å². The topological polar surface area (TPSA) is 136 Å². The SMILES string of the molecule is CC(C)(C)c1cc(NC(=O)Nc2ccc(OCCc3cccnc3)cc2)n(-c2ccc(Cn3sc(=O)[nH]c3=O)cc2)n1. The van der Waals surface area contributed by atoms with Crippen molar-refractivity contribution in [2.75, 3.05) is 17.2 Å². The van der Waals surface area contributed by atoms with Gasteiger partial charge in [0.1, 0.15) is 11.6 Å². The smallest absolute Gasteiger partial charge is 0.338 e. The molecule has 0 aliphatic carbocycles. The van der Waals surface area contributed by atoms with E-state index in [4.69, 9.17) is 9.84 Å². The number of aromatic amines is 1. The van der Waals surface area contributed by atoms with Crippen LogP contribution in [0.25, 0.3) is 5.69 Å². The van der Waals surface area contributed by atoms with Crippen molar-refractivity contribution in [3.8, 4) is 11.4 Å². The summed E-state index contributed by atoms with van der Waals surface area (Å²) in [6, 6.07) is 19.9. The molecule has 2 amide bonds. The highest BCUT2D eigenvalue weighted by Gasteiger charge is 2.21. The van der Waals surface area contributed by atoms with Gasteiger partial charge in [-0.15, -0.1) is 0 Å². The van der Waals surface area contributed by atoms with Crippen LogP contribution in [-0.4, -0.2) is 36.3 Å². The molecule has 0 atom stereocenters. The van der Waals surface area contributed by atoms with Crippen molar-refractivity contribution in [1.82, 2.24) is 23.7 Å². The number of carbonyl (C=O) groups excluding carboxylic acids is 1. The lowest BCUT2D eigenvalue weighted by Gasteiger charge is -2.14. The van der Waals surface area contributed by atoms with E-state index in [1.165, 1.54) is 3.96 Å². The first-order chi connectivity index (χ1) is 20.1. The zero-order valence-electron chi connectivity index (χ0n) is 23.5. The Bertz CT molecular complexity index is 1760. The Morgan fingerprint density at radius 3 is 2.40 bits per heavy atom. The number of carbonyl (C=O) groups is 1. The summed E-state index contributed by atoms with van der Waals surface area (Å²) in [7, 11) is 0. The van der Waals surface area contributed by atoms with Gasteiger partial charge in [0.05, 0.1) is 24.5 Å². The van der Waals surface area contributed by atoms with E-state index in [0.29, 0.717) is 23.9 Å². The Kier molecular flexibility index (Phi) is 8.34. The molecule has 3 aromatic heterocycles. The molecule has 5 aromatic rings. The van der Waals surface area contributed by atoms with Crippen molar-refractivity contribution >= 4 is 29.1 Å². The fraction of sp³-hybridized carbons (Fsp3) is 0.233. The van der Waals surface area contributed by atoms with Gasteiger partial charge in [-0.25, -0.2) is 18.2 Å². The van der Waals surface area contributed by atoms with E-state index in [9.17, 15) is 14.4 Å². The molecule has 42 heavy (non-hydrogen) atoms. The summed E-state index contributed by atoms with van der Waals surface area (Å²) in [5.74, 6) is 1.21. The quantitative estimate of drug-likeness (QED) is 0.228. The van der Waals surface area contributed by atoms with E-state index >= 15 is 0 Å². The van der Waals surface area contributed by atoms with E-state index in [1.807, 2.05) is 81.6 Å². The third-order valence-electron chi connectivity index (χ3n) is 6.35. The lowest BCUT2D eigenvalue weighted by atomic mass is 9.92. The van der Waals surface area contributed by atoms with Crippen molar-refractivity contribution in [2.45, 2.75) is 39.2 Å². The molecule has 11 nitrogen and oxygen atoms in total. The van der Waals surface area contributed by atoms with Gasteiger partial charge >= 0.3 is 16.6 Å². The number of amides is 2. The van der Waals surface area contributed by atoms with Gasteiger partial charge in [-0.3, -0.25) is 20.1 Å².